The van der Waals surface area contributed by atoms with Gasteiger partial charge in [0.05, 0.1) is 17.5 Å². The Bertz CT molecular complexity index is 618. The van der Waals surface area contributed by atoms with Gasteiger partial charge in [-0.05, 0) is 25.1 Å². The van der Waals surface area contributed by atoms with Crippen LogP contribution in [0, 0.1) is 12.3 Å². The molecule has 0 fully saturated rings. The molecule has 0 aliphatic heterocycles. The van der Waals surface area contributed by atoms with E-state index in [1.54, 1.807) is 0 Å². The molecular formula is C13H16N2O4S. The Morgan fingerprint density at radius 2 is 2.20 bits per heavy atom. The Morgan fingerprint density at radius 3 is 2.80 bits per heavy atom. The average molecular weight is 296 g/mol. The lowest BCUT2D eigenvalue weighted by Crippen LogP contribution is -2.31. The number of terminal acetylenes is 1. The van der Waals surface area contributed by atoms with Crippen molar-refractivity contribution in [2.24, 2.45) is 0 Å². The summed E-state index contributed by atoms with van der Waals surface area (Å²) in [7, 11) is -3.73. The fourth-order valence-corrected chi connectivity index (χ4v) is 2.35. The van der Waals surface area contributed by atoms with Gasteiger partial charge in [-0.2, -0.15) is 4.72 Å². The molecule has 108 valence electrons. The minimum atomic E-state index is -3.73. The molecule has 3 N–H and O–H groups in total. The smallest absolute Gasteiger partial charge is 0.251 e. The van der Waals surface area contributed by atoms with Gasteiger partial charge >= 0.3 is 0 Å². The number of aliphatic hydroxyl groups excluding tert-OH is 1. The van der Waals surface area contributed by atoms with Gasteiger partial charge in [0, 0.05) is 12.1 Å². The molecule has 1 amide bonds. The molecule has 0 aliphatic rings. The second kappa shape index (κ2) is 7.05. The molecule has 0 bridgehead atoms. The highest BCUT2D eigenvalue weighted by Gasteiger charge is 2.15. The number of nitrogens with one attached hydrogen (secondary N) is 2. The number of carbonyl (C=O) groups excluding carboxylic acids is 1. The molecule has 0 aliphatic carbocycles. The number of benzene rings is 1. The molecule has 0 saturated heterocycles. The Balaban J connectivity index is 2.91. The Labute approximate surface area is 118 Å². The van der Waals surface area contributed by atoms with E-state index in [2.05, 4.69) is 16.0 Å². The molecule has 1 atom stereocenters. The second-order valence-electron chi connectivity index (χ2n) is 4.12. The average Bonchev–Trinajstić information content (AvgIpc) is 2.42. The van der Waals surface area contributed by atoms with Gasteiger partial charge in [0.1, 0.15) is 0 Å². The van der Waals surface area contributed by atoms with Crippen LogP contribution in [0.2, 0.25) is 0 Å². The maximum absolute atomic E-state index is 11.9. The summed E-state index contributed by atoms with van der Waals surface area (Å²) in [5.41, 5.74) is 0.189. The van der Waals surface area contributed by atoms with Crippen molar-refractivity contribution >= 4 is 15.9 Å². The number of hydrogen-bond donors (Lipinski definition) is 3. The first-order chi connectivity index (χ1) is 9.36. The van der Waals surface area contributed by atoms with E-state index in [9.17, 15) is 13.2 Å². The highest BCUT2D eigenvalue weighted by molar-refractivity contribution is 7.89. The molecule has 0 heterocycles. The Morgan fingerprint density at radius 1 is 1.50 bits per heavy atom. The van der Waals surface area contributed by atoms with Gasteiger partial charge in [0.2, 0.25) is 10.0 Å². The summed E-state index contributed by atoms with van der Waals surface area (Å²) < 4.78 is 25.9. The fraction of sp³-hybridized carbons (Fsp3) is 0.308. The number of sulfonamides is 1. The summed E-state index contributed by atoms with van der Waals surface area (Å²) in [6.45, 7) is 1.50. The summed E-state index contributed by atoms with van der Waals surface area (Å²) in [5.74, 6) is 1.71. The molecule has 6 nitrogen and oxygen atoms in total. The topological polar surface area (TPSA) is 95.5 Å². The van der Waals surface area contributed by atoms with E-state index in [1.165, 1.54) is 31.2 Å². The molecule has 1 rings (SSSR count). The summed E-state index contributed by atoms with van der Waals surface area (Å²) in [4.78, 5) is 11.7. The van der Waals surface area contributed by atoms with Crippen LogP contribution >= 0.6 is 0 Å². The number of rotatable bonds is 6. The van der Waals surface area contributed by atoms with E-state index in [0.29, 0.717) is 0 Å². The Kier molecular flexibility index (Phi) is 5.70. The fourth-order valence-electron chi connectivity index (χ4n) is 1.37. The zero-order chi connectivity index (χ0) is 15.2. The van der Waals surface area contributed by atoms with Crippen LogP contribution in [0.4, 0.5) is 0 Å². The summed E-state index contributed by atoms with van der Waals surface area (Å²) in [5, 5.41) is 11.6. The Hall–Kier alpha value is -1.88. The monoisotopic (exact) mass is 296 g/mol. The van der Waals surface area contributed by atoms with E-state index < -0.39 is 22.0 Å². The van der Waals surface area contributed by atoms with E-state index in [0.717, 1.165) is 0 Å². The van der Waals surface area contributed by atoms with Gasteiger partial charge in [-0.3, -0.25) is 4.79 Å². The maximum Gasteiger partial charge on any atom is 0.251 e. The molecule has 0 saturated carbocycles. The van der Waals surface area contributed by atoms with Crippen LogP contribution in [0.1, 0.15) is 17.3 Å². The molecule has 1 aromatic rings. The lowest BCUT2D eigenvalue weighted by molar-refractivity contribution is 0.0924. The number of carbonyl (C=O) groups is 1. The van der Waals surface area contributed by atoms with Crippen LogP contribution in [0.5, 0.6) is 0 Å². The first-order valence-electron chi connectivity index (χ1n) is 5.86. The lowest BCUT2D eigenvalue weighted by atomic mass is 10.2. The molecule has 20 heavy (non-hydrogen) atoms. The van der Waals surface area contributed by atoms with E-state index in [1.807, 2.05) is 0 Å². The van der Waals surface area contributed by atoms with E-state index >= 15 is 0 Å². The first kappa shape index (κ1) is 16.2. The van der Waals surface area contributed by atoms with Crippen LogP contribution in [0.15, 0.2) is 29.2 Å². The van der Waals surface area contributed by atoms with Gasteiger partial charge in [-0.15, -0.1) is 6.42 Å². The van der Waals surface area contributed by atoms with E-state index in [-0.39, 0.29) is 23.5 Å². The minimum absolute atomic E-state index is 0.0440. The number of aliphatic hydroxyl groups is 1. The van der Waals surface area contributed by atoms with Crippen molar-refractivity contribution < 1.29 is 18.3 Å². The zero-order valence-electron chi connectivity index (χ0n) is 11.0. The predicted molar refractivity (Wildman–Crippen MR) is 74.5 cm³/mol. The third kappa shape index (κ3) is 4.66. The standard InChI is InChI=1S/C13H16N2O4S/c1-3-7-15-20(18,19)12-6-4-5-11(8-12)13(17)14-9-10(2)16/h1,4-6,8,10,15-16H,7,9H2,2H3,(H,14,17). The van der Waals surface area contributed by atoms with Crippen molar-refractivity contribution in [1.29, 1.82) is 0 Å². The largest absolute Gasteiger partial charge is 0.392 e. The minimum Gasteiger partial charge on any atom is -0.392 e. The highest BCUT2D eigenvalue weighted by atomic mass is 32.2. The summed E-state index contributed by atoms with van der Waals surface area (Å²) in [6.07, 6.45) is 4.32. The van der Waals surface area contributed by atoms with E-state index in [4.69, 9.17) is 11.5 Å². The number of hydrogen-bond acceptors (Lipinski definition) is 4. The summed E-state index contributed by atoms with van der Waals surface area (Å²) >= 11 is 0. The molecule has 1 unspecified atom stereocenters. The zero-order valence-corrected chi connectivity index (χ0v) is 11.8. The van der Waals surface area contributed by atoms with Gasteiger partial charge in [0.25, 0.3) is 5.91 Å². The molecular weight excluding hydrogens is 280 g/mol. The van der Waals surface area contributed by atoms with Crippen LogP contribution in [-0.2, 0) is 10.0 Å². The summed E-state index contributed by atoms with van der Waals surface area (Å²) in [6, 6.07) is 5.56. The van der Waals surface area contributed by atoms with Crippen molar-refractivity contribution in [3.63, 3.8) is 0 Å². The molecule has 0 spiro atoms. The van der Waals surface area contributed by atoms with Gasteiger partial charge in [-0.25, -0.2) is 8.42 Å². The second-order valence-corrected chi connectivity index (χ2v) is 5.88. The molecule has 1 aromatic carbocycles. The van der Waals surface area contributed by atoms with Gasteiger partial charge in [0.15, 0.2) is 0 Å². The molecule has 7 heteroatoms. The predicted octanol–water partition coefficient (Wildman–Crippen LogP) is -0.291. The van der Waals surface area contributed by atoms with Crippen LogP contribution in [-0.4, -0.2) is 38.6 Å². The van der Waals surface area contributed by atoms with Crippen LogP contribution in [0.25, 0.3) is 0 Å². The quantitative estimate of drug-likeness (QED) is 0.629. The first-order valence-corrected chi connectivity index (χ1v) is 7.34. The molecule has 0 radical (unpaired) electrons. The van der Waals surface area contributed by atoms with Crippen LogP contribution in [0.3, 0.4) is 0 Å². The van der Waals surface area contributed by atoms with Crippen molar-refractivity contribution in [1.82, 2.24) is 10.0 Å². The molecule has 0 aromatic heterocycles. The SMILES string of the molecule is C#CCNS(=O)(=O)c1cccc(C(=O)NCC(C)O)c1. The van der Waals surface area contributed by atoms with Crippen molar-refractivity contribution in [3.8, 4) is 12.3 Å². The van der Waals surface area contributed by atoms with Crippen molar-refractivity contribution in [3.05, 3.63) is 29.8 Å². The maximum atomic E-state index is 11.9. The normalized spacial score (nSPS) is 12.4. The van der Waals surface area contributed by atoms with Crippen LogP contribution < -0.4 is 10.0 Å². The third-order valence-electron chi connectivity index (χ3n) is 2.33. The lowest BCUT2D eigenvalue weighted by Gasteiger charge is -2.09. The highest BCUT2D eigenvalue weighted by Crippen LogP contribution is 2.11. The van der Waals surface area contributed by atoms with Crippen molar-refractivity contribution in [2.45, 2.75) is 17.9 Å². The van der Waals surface area contributed by atoms with Gasteiger partial charge in [-0.1, -0.05) is 12.0 Å². The van der Waals surface area contributed by atoms with Crippen molar-refractivity contribution in [2.75, 3.05) is 13.1 Å². The number of amides is 1. The third-order valence-corrected chi connectivity index (χ3v) is 3.73. The van der Waals surface area contributed by atoms with Gasteiger partial charge < -0.3 is 10.4 Å².